The first kappa shape index (κ1) is 16.3. The molecule has 0 amide bonds. The highest BCUT2D eigenvalue weighted by Gasteiger charge is 2.34. The van der Waals surface area contributed by atoms with Gasteiger partial charge in [-0.1, -0.05) is 17.8 Å². The highest BCUT2D eigenvalue weighted by atomic mass is 79.9. The number of aromatic nitrogens is 1. The van der Waals surface area contributed by atoms with Crippen LogP contribution in [0.4, 0.5) is 13.2 Å². The van der Waals surface area contributed by atoms with Gasteiger partial charge in [-0.25, -0.2) is 4.98 Å². The van der Waals surface area contributed by atoms with Crippen molar-refractivity contribution in [2.24, 2.45) is 0 Å². The largest absolute Gasteiger partial charge is 0.417 e. The Hall–Kier alpha value is -1.05. The van der Waals surface area contributed by atoms with Gasteiger partial charge in [-0.05, 0) is 52.8 Å². The zero-order chi connectivity index (χ0) is 15.5. The summed E-state index contributed by atoms with van der Waals surface area (Å²) in [5.41, 5.74) is -0.0390. The molecular formula is C14H12BrF3N2S. The van der Waals surface area contributed by atoms with Gasteiger partial charge < -0.3 is 5.32 Å². The number of hydrogen-bond donors (Lipinski definition) is 1. The molecular weight excluding hydrogens is 365 g/mol. The van der Waals surface area contributed by atoms with Crippen molar-refractivity contribution in [3.8, 4) is 0 Å². The fourth-order valence-corrected chi connectivity index (χ4v) is 2.86. The topological polar surface area (TPSA) is 24.9 Å². The fraction of sp³-hybridized carbons (Fsp3) is 0.214. The first-order valence-electron chi connectivity index (χ1n) is 6.04. The lowest BCUT2D eigenvalue weighted by Crippen LogP contribution is -2.10. The predicted molar refractivity (Wildman–Crippen MR) is 80.3 cm³/mol. The third kappa shape index (κ3) is 4.46. The van der Waals surface area contributed by atoms with Crippen LogP contribution in [0.5, 0.6) is 0 Å². The molecule has 0 radical (unpaired) electrons. The lowest BCUT2D eigenvalue weighted by Gasteiger charge is -2.14. The lowest BCUT2D eigenvalue weighted by molar-refractivity contribution is -0.139. The van der Waals surface area contributed by atoms with Crippen LogP contribution in [-0.2, 0) is 12.7 Å². The van der Waals surface area contributed by atoms with Gasteiger partial charge in [0.05, 0.1) is 5.56 Å². The Morgan fingerprint density at radius 1 is 1.24 bits per heavy atom. The Balaban J connectivity index is 2.35. The maximum absolute atomic E-state index is 13.2. The second-order valence-corrected chi connectivity index (χ2v) is 6.25. The maximum Gasteiger partial charge on any atom is 0.417 e. The molecule has 0 bridgehead atoms. The molecule has 2 nitrogen and oxygen atoms in total. The van der Waals surface area contributed by atoms with Crippen LogP contribution in [0.2, 0.25) is 0 Å². The third-order valence-electron chi connectivity index (χ3n) is 2.65. The number of rotatable bonds is 4. The summed E-state index contributed by atoms with van der Waals surface area (Å²) in [6.45, 7) is 0.393. The van der Waals surface area contributed by atoms with E-state index in [4.69, 9.17) is 0 Å². The Morgan fingerprint density at radius 2 is 2.00 bits per heavy atom. The third-order valence-corrected chi connectivity index (χ3v) is 4.14. The van der Waals surface area contributed by atoms with Gasteiger partial charge in [-0.2, -0.15) is 13.2 Å². The minimum Gasteiger partial charge on any atom is -0.316 e. The van der Waals surface area contributed by atoms with Crippen LogP contribution in [0.3, 0.4) is 0 Å². The fourth-order valence-electron chi connectivity index (χ4n) is 1.74. The summed E-state index contributed by atoms with van der Waals surface area (Å²) in [5, 5.41) is 3.36. The van der Waals surface area contributed by atoms with Gasteiger partial charge in [0.15, 0.2) is 0 Å². The van der Waals surface area contributed by atoms with Gasteiger partial charge in [-0.15, -0.1) is 0 Å². The van der Waals surface area contributed by atoms with E-state index in [-0.39, 0.29) is 4.90 Å². The molecule has 0 saturated carbocycles. The summed E-state index contributed by atoms with van der Waals surface area (Å²) in [5.74, 6) is 0. The lowest BCUT2D eigenvalue weighted by atomic mass is 10.1. The average Bonchev–Trinajstić information content (AvgIpc) is 2.42. The SMILES string of the molecule is CNCc1ccc(Sc2ccc(Br)cn2)c(C(F)(F)F)c1. The standard InChI is InChI=1S/C14H12BrF3N2S/c1-19-7-9-2-4-12(11(6-9)14(16,17)18)21-13-5-3-10(15)8-20-13/h2-6,8,19H,7H2,1H3. The van der Waals surface area contributed by atoms with Crippen molar-refractivity contribution in [2.75, 3.05) is 7.05 Å². The summed E-state index contributed by atoms with van der Waals surface area (Å²) in [6, 6.07) is 7.78. The van der Waals surface area contributed by atoms with Crippen LogP contribution in [0.15, 0.2) is 50.9 Å². The van der Waals surface area contributed by atoms with Crippen molar-refractivity contribution >= 4 is 27.7 Å². The van der Waals surface area contributed by atoms with Crippen LogP contribution in [0.25, 0.3) is 0 Å². The predicted octanol–water partition coefficient (Wildman–Crippen LogP) is 4.73. The molecule has 0 aliphatic carbocycles. The number of alkyl halides is 3. The van der Waals surface area contributed by atoms with Gasteiger partial charge in [0, 0.05) is 22.1 Å². The van der Waals surface area contributed by atoms with Crippen LogP contribution >= 0.6 is 27.7 Å². The summed E-state index contributed by atoms with van der Waals surface area (Å²) >= 11 is 4.25. The number of nitrogens with one attached hydrogen (secondary N) is 1. The van der Waals surface area contributed by atoms with Gasteiger partial charge in [0.2, 0.25) is 0 Å². The second-order valence-electron chi connectivity index (χ2n) is 4.28. The number of halogens is 4. The van der Waals surface area contributed by atoms with E-state index in [0.717, 1.165) is 16.2 Å². The van der Waals surface area contributed by atoms with Gasteiger partial charge in [-0.3, -0.25) is 0 Å². The van der Waals surface area contributed by atoms with Crippen molar-refractivity contribution in [1.82, 2.24) is 10.3 Å². The van der Waals surface area contributed by atoms with Crippen LogP contribution < -0.4 is 5.32 Å². The van der Waals surface area contributed by atoms with Crippen LogP contribution in [-0.4, -0.2) is 12.0 Å². The van der Waals surface area contributed by atoms with Crippen molar-refractivity contribution in [1.29, 1.82) is 0 Å². The minimum atomic E-state index is -4.39. The number of hydrogen-bond acceptors (Lipinski definition) is 3. The van der Waals surface area contributed by atoms with E-state index in [1.807, 2.05) is 0 Å². The molecule has 0 aliphatic rings. The van der Waals surface area contributed by atoms with E-state index in [1.54, 1.807) is 31.4 Å². The molecule has 112 valence electrons. The zero-order valence-corrected chi connectivity index (χ0v) is 13.4. The highest BCUT2D eigenvalue weighted by molar-refractivity contribution is 9.10. The van der Waals surface area contributed by atoms with Gasteiger partial charge in [0.25, 0.3) is 0 Å². The summed E-state index contributed by atoms with van der Waals surface area (Å²) < 4.78 is 40.3. The molecule has 7 heteroatoms. The Labute approximate surface area is 133 Å². The molecule has 1 heterocycles. The number of benzene rings is 1. The summed E-state index contributed by atoms with van der Waals surface area (Å²) in [4.78, 5) is 4.24. The monoisotopic (exact) mass is 376 g/mol. The number of pyridine rings is 1. The molecule has 1 aromatic carbocycles. The van der Waals surface area contributed by atoms with Crippen molar-refractivity contribution in [3.63, 3.8) is 0 Å². The molecule has 0 aliphatic heterocycles. The molecule has 0 spiro atoms. The quantitative estimate of drug-likeness (QED) is 0.834. The van der Waals surface area contributed by atoms with Crippen molar-refractivity contribution in [3.05, 3.63) is 52.1 Å². The van der Waals surface area contributed by atoms with E-state index < -0.39 is 11.7 Å². The first-order chi connectivity index (χ1) is 9.90. The molecule has 0 saturated heterocycles. The number of nitrogens with zero attached hydrogens (tertiary/aromatic N) is 1. The zero-order valence-electron chi connectivity index (χ0n) is 11.0. The molecule has 1 N–H and O–H groups in total. The minimum absolute atomic E-state index is 0.150. The molecule has 0 atom stereocenters. The second kappa shape index (κ2) is 6.81. The molecule has 2 aromatic rings. The molecule has 0 fully saturated rings. The van der Waals surface area contributed by atoms with Crippen LogP contribution in [0.1, 0.15) is 11.1 Å². The maximum atomic E-state index is 13.2. The normalized spacial score (nSPS) is 11.7. The summed E-state index contributed by atoms with van der Waals surface area (Å²) in [7, 11) is 1.70. The molecule has 21 heavy (non-hydrogen) atoms. The van der Waals surface area contributed by atoms with Gasteiger partial charge in [0.1, 0.15) is 5.03 Å². The highest BCUT2D eigenvalue weighted by Crippen LogP contribution is 2.39. The van der Waals surface area contributed by atoms with E-state index >= 15 is 0 Å². The van der Waals surface area contributed by atoms with E-state index in [2.05, 4.69) is 26.2 Å². The van der Waals surface area contributed by atoms with E-state index in [9.17, 15) is 13.2 Å². The van der Waals surface area contributed by atoms with E-state index in [1.165, 1.54) is 12.1 Å². The smallest absolute Gasteiger partial charge is 0.316 e. The molecule has 1 aromatic heterocycles. The first-order valence-corrected chi connectivity index (χ1v) is 7.65. The summed E-state index contributed by atoms with van der Waals surface area (Å²) in [6.07, 6.45) is -2.83. The van der Waals surface area contributed by atoms with Gasteiger partial charge >= 0.3 is 6.18 Å². The van der Waals surface area contributed by atoms with Crippen molar-refractivity contribution in [2.45, 2.75) is 22.6 Å². The van der Waals surface area contributed by atoms with E-state index in [0.29, 0.717) is 17.1 Å². The Morgan fingerprint density at radius 3 is 2.57 bits per heavy atom. The Bertz CT molecular complexity index is 615. The van der Waals surface area contributed by atoms with Crippen LogP contribution in [0, 0.1) is 0 Å². The van der Waals surface area contributed by atoms with Crippen molar-refractivity contribution < 1.29 is 13.2 Å². The molecule has 2 rings (SSSR count). The molecule has 0 unspecified atom stereocenters. The average molecular weight is 377 g/mol. The Kier molecular flexibility index (Phi) is 5.29.